The molecule has 1 aromatic carbocycles. The van der Waals surface area contributed by atoms with E-state index < -0.39 is 0 Å². The van der Waals surface area contributed by atoms with Crippen LogP contribution < -0.4 is 5.32 Å². The van der Waals surface area contributed by atoms with Gasteiger partial charge in [-0.3, -0.25) is 14.6 Å². The lowest BCUT2D eigenvalue weighted by Crippen LogP contribution is -2.48. The van der Waals surface area contributed by atoms with E-state index in [1.165, 1.54) is 5.56 Å². The standard InChI is InChI=1S/C23H29N5O/c1-18(2)20-7-3-4-8-21(20)25-23(29)17-27-13-11-26(12-14-27)15-19-16-28-10-6-5-9-22(28)24-19/h3-10,16,18H,11-15,17H2,1-2H3,(H,25,29). The number of piperazine rings is 1. The van der Waals surface area contributed by atoms with Crippen LogP contribution in [0.5, 0.6) is 0 Å². The Morgan fingerprint density at radius 2 is 1.76 bits per heavy atom. The van der Waals surface area contributed by atoms with Gasteiger partial charge < -0.3 is 9.72 Å². The van der Waals surface area contributed by atoms with Crippen LogP contribution in [0.4, 0.5) is 5.69 Å². The van der Waals surface area contributed by atoms with Crippen molar-refractivity contribution in [2.75, 3.05) is 38.0 Å². The third-order valence-electron chi connectivity index (χ3n) is 5.49. The summed E-state index contributed by atoms with van der Waals surface area (Å²) in [4.78, 5) is 21.9. The van der Waals surface area contributed by atoms with Crippen LogP contribution in [-0.2, 0) is 11.3 Å². The van der Waals surface area contributed by atoms with Crippen LogP contribution in [0.25, 0.3) is 5.65 Å². The molecule has 1 aliphatic heterocycles. The Balaban J connectivity index is 1.27. The minimum atomic E-state index is 0.0619. The topological polar surface area (TPSA) is 52.9 Å². The molecule has 2 aromatic heterocycles. The van der Waals surface area contributed by atoms with Crippen LogP contribution >= 0.6 is 0 Å². The molecule has 4 rings (SSSR count). The molecule has 6 heteroatoms. The summed E-state index contributed by atoms with van der Waals surface area (Å²) in [5.74, 6) is 0.446. The van der Waals surface area contributed by atoms with Crippen LogP contribution in [0, 0.1) is 0 Å². The third kappa shape index (κ3) is 4.83. The third-order valence-corrected chi connectivity index (χ3v) is 5.49. The lowest BCUT2D eigenvalue weighted by Gasteiger charge is -2.33. The maximum absolute atomic E-state index is 12.5. The van der Waals surface area contributed by atoms with Crippen LogP contribution in [0.2, 0.25) is 0 Å². The predicted molar refractivity (Wildman–Crippen MR) is 116 cm³/mol. The fourth-order valence-electron chi connectivity index (χ4n) is 3.91. The number of pyridine rings is 1. The normalized spacial score (nSPS) is 15.8. The highest BCUT2D eigenvalue weighted by atomic mass is 16.2. The van der Waals surface area contributed by atoms with E-state index in [9.17, 15) is 4.79 Å². The summed E-state index contributed by atoms with van der Waals surface area (Å²) >= 11 is 0. The first-order valence-electron chi connectivity index (χ1n) is 10.3. The van der Waals surface area contributed by atoms with E-state index in [-0.39, 0.29) is 5.91 Å². The minimum Gasteiger partial charge on any atom is -0.325 e. The van der Waals surface area contributed by atoms with Gasteiger partial charge >= 0.3 is 0 Å². The molecule has 1 saturated heterocycles. The second-order valence-corrected chi connectivity index (χ2v) is 8.04. The Bertz CT molecular complexity index is 939. The molecule has 6 nitrogen and oxygen atoms in total. The minimum absolute atomic E-state index is 0.0619. The molecule has 3 aromatic rings. The number of nitrogens with one attached hydrogen (secondary N) is 1. The molecule has 0 radical (unpaired) electrons. The average Bonchev–Trinajstić information content (AvgIpc) is 3.12. The van der Waals surface area contributed by atoms with Gasteiger partial charge in [0.15, 0.2) is 0 Å². The highest BCUT2D eigenvalue weighted by Crippen LogP contribution is 2.23. The number of hydrogen-bond donors (Lipinski definition) is 1. The largest absolute Gasteiger partial charge is 0.325 e. The molecular formula is C23H29N5O. The highest BCUT2D eigenvalue weighted by molar-refractivity contribution is 5.93. The van der Waals surface area contributed by atoms with E-state index in [0.717, 1.165) is 49.8 Å². The second-order valence-electron chi connectivity index (χ2n) is 8.04. The Morgan fingerprint density at radius 1 is 1.03 bits per heavy atom. The molecule has 1 aliphatic rings. The molecule has 152 valence electrons. The predicted octanol–water partition coefficient (Wildman–Crippen LogP) is 3.21. The number of fused-ring (bicyclic) bond motifs is 1. The van der Waals surface area contributed by atoms with E-state index in [1.54, 1.807) is 0 Å². The van der Waals surface area contributed by atoms with Crippen LogP contribution in [0.3, 0.4) is 0 Å². The number of nitrogens with zero attached hydrogens (tertiary/aromatic N) is 4. The number of imidazole rings is 1. The molecule has 1 amide bonds. The monoisotopic (exact) mass is 391 g/mol. The van der Waals surface area contributed by atoms with Gasteiger partial charge in [0.25, 0.3) is 0 Å². The molecule has 0 unspecified atom stereocenters. The van der Waals surface area contributed by atoms with Crippen molar-refractivity contribution in [3.63, 3.8) is 0 Å². The lowest BCUT2D eigenvalue weighted by molar-refractivity contribution is -0.117. The zero-order chi connectivity index (χ0) is 20.2. The zero-order valence-electron chi connectivity index (χ0n) is 17.2. The summed E-state index contributed by atoms with van der Waals surface area (Å²) in [6.07, 6.45) is 4.13. The van der Waals surface area contributed by atoms with Gasteiger partial charge in [-0.25, -0.2) is 4.98 Å². The first-order valence-corrected chi connectivity index (χ1v) is 10.3. The van der Waals surface area contributed by atoms with E-state index >= 15 is 0 Å². The Hall–Kier alpha value is -2.70. The Kier molecular flexibility index (Phi) is 5.92. The highest BCUT2D eigenvalue weighted by Gasteiger charge is 2.20. The number of carbonyl (C=O) groups excluding carboxylic acids is 1. The van der Waals surface area contributed by atoms with E-state index in [0.29, 0.717) is 12.5 Å². The van der Waals surface area contributed by atoms with E-state index in [2.05, 4.69) is 50.6 Å². The number of rotatable bonds is 6. The van der Waals surface area contributed by atoms with Crippen molar-refractivity contribution in [2.45, 2.75) is 26.3 Å². The van der Waals surface area contributed by atoms with Gasteiger partial charge in [0.2, 0.25) is 5.91 Å². The van der Waals surface area contributed by atoms with Crippen molar-refractivity contribution in [3.05, 3.63) is 66.1 Å². The van der Waals surface area contributed by atoms with Gasteiger partial charge in [0.1, 0.15) is 5.65 Å². The fraction of sp³-hybridized carbons (Fsp3) is 0.391. The van der Waals surface area contributed by atoms with Crippen molar-refractivity contribution in [1.82, 2.24) is 19.2 Å². The Morgan fingerprint density at radius 3 is 2.52 bits per heavy atom. The van der Waals surface area contributed by atoms with E-state index in [1.807, 2.05) is 42.6 Å². The average molecular weight is 392 g/mol. The van der Waals surface area contributed by atoms with Gasteiger partial charge in [0, 0.05) is 50.8 Å². The fourth-order valence-corrected chi connectivity index (χ4v) is 3.91. The summed E-state index contributed by atoms with van der Waals surface area (Å²) in [7, 11) is 0. The SMILES string of the molecule is CC(C)c1ccccc1NC(=O)CN1CCN(Cc2cn3ccccc3n2)CC1. The molecule has 0 spiro atoms. The van der Waals surface area contributed by atoms with Crippen molar-refractivity contribution in [1.29, 1.82) is 0 Å². The summed E-state index contributed by atoms with van der Waals surface area (Å²) in [5, 5.41) is 3.10. The molecule has 0 aliphatic carbocycles. The summed E-state index contributed by atoms with van der Waals surface area (Å²) in [6.45, 7) is 9.27. The van der Waals surface area contributed by atoms with Crippen molar-refractivity contribution in [2.24, 2.45) is 0 Å². The van der Waals surface area contributed by atoms with Crippen molar-refractivity contribution < 1.29 is 4.79 Å². The molecule has 0 saturated carbocycles. The maximum Gasteiger partial charge on any atom is 0.238 e. The van der Waals surface area contributed by atoms with Gasteiger partial charge in [0.05, 0.1) is 12.2 Å². The molecule has 1 fully saturated rings. The molecule has 0 atom stereocenters. The summed E-state index contributed by atoms with van der Waals surface area (Å²) in [5.41, 5.74) is 4.18. The molecule has 1 N–H and O–H groups in total. The van der Waals surface area contributed by atoms with Crippen LogP contribution in [0.15, 0.2) is 54.9 Å². The number of carbonyl (C=O) groups is 1. The van der Waals surface area contributed by atoms with Crippen molar-refractivity contribution in [3.8, 4) is 0 Å². The van der Waals surface area contributed by atoms with Gasteiger partial charge in [-0.15, -0.1) is 0 Å². The Labute approximate surface area is 172 Å². The number of para-hydroxylation sites is 1. The molecule has 0 bridgehead atoms. The first-order chi connectivity index (χ1) is 14.1. The second kappa shape index (κ2) is 8.76. The number of hydrogen-bond acceptors (Lipinski definition) is 4. The quantitative estimate of drug-likeness (QED) is 0.701. The van der Waals surface area contributed by atoms with Crippen LogP contribution in [0.1, 0.15) is 31.0 Å². The first kappa shape index (κ1) is 19.6. The number of aromatic nitrogens is 2. The van der Waals surface area contributed by atoms with E-state index in [4.69, 9.17) is 0 Å². The molecule has 29 heavy (non-hydrogen) atoms. The smallest absolute Gasteiger partial charge is 0.238 e. The van der Waals surface area contributed by atoms with Crippen molar-refractivity contribution >= 4 is 17.2 Å². The number of amides is 1. The molecule has 3 heterocycles. The van der Waals surface area contributed by atoms with Gasteiger partial charge in [-0.2, -0.15) is 0 Å². The lowest BCUT2D eigenvalue weighted by atomic mass is 10.0. The zero-order valence-corrected chi connectivity index (χ0v) is 17.2. The number of benzene rings is 1. The number of anilines is 1. The molecular weight excluding hydrogens is 362 g/mol. The summed E-state index contributed by atoms with van der Waals surface area (Å²) in [6, 6.07) is 14.1. The van der Waals surface area contributed by atoms with Crippen LogP contribution in [-0.4, -0.2) is 57.8 Å². The summed E-state index contributed by atoms with van der Waals surface area (Å²) < 4.78 is 2.06. The van der Waals surface area contributed by atoms with Gasteiger partial charge in [-0.1, -0.05) is 38.1 Å². The van der Waals surface area contributed by atoms with Gasteiger partial charge in [-0.05, 0) is 29.7 Å². The maximum atomic E-state index is 12.5.